The Bertz CT molecular complexity index is 1110. The second-order valence-corrected chi connectivity index (χ2v) is 8.01. The minimum atomic E-state index is -2.86. The summed E-state index contributed by atoms with van der Waals surface area (Å²) in [5.41, 5.74) is 1.30. The van der Waals surface area contributed by atoms with Crippen LogP contribution in [-0.4, -0.2) is 41.3 Å². The fourth-order valence-corrected chi connectivity index (χ4v) is 4.02. The summed E-state index contributed by atoms with van der Waals surface area (Å²) in [6.07, 6.45) is -1.07. The van der Waals surface area contributed by atoms with Gasteiger partial charge in [0, 0.05) is 25.2 Å². The van der Waals surface area contributed by atoms with Crippen LogP contribution in [0.25, 0.3) is 11.0 Å². The average molecular weight is 415 g/mol. The number of hydrogen-bond donors (Lipinski definition) is 1. The van der Waals surface area contributed by atoms with Crippen LogP contribution in [0.2, 0.25) is 0 Å². The summed E-state index contributed by atoms with van der Waals surface area (Å²) < 4.78 is 45.6. The first-order valence-corrected chi connectivity index (χ1v) is 9.71. The van der Waals surface area contributed by atoms with Gasteiger partial charge in [0.25, 0.3) is 6.43 Å². The van der Waals surface area contributed by atoms with Crippen LogP contribution in [0.3, 0.4) is 0 Å². The Morgan fingerprint density at radius 1 is 1.23 bits per heavy atom. The predicted octanol–water partition coefficient (Wildman–Crippen LogP) is 3.86. The maximum absolute atomic E-state index is 14.4. The minimum absolute atomic E-state index is 0.0202. The van der Waals surface area contributed by atoms with Crippen molar-refractivity contribution in [2.45, 2.75) is 19.9 Å². The maximum atomic E-state index is 14.4. The second kappa shape index (κ2) is 7.09. The summed E-state index contributed by atoms with van der Waals surface area (Å²) in [6.45, 7) is 5.19. The van der Waals surface area contributed by atoms with Gasteiger partial charge in [0.05, 0.1) is 41.5 Å². The first-order valence-electron chi connectivity index (χ1n) is 9.71. The van der Waals surface area contributed by atoms with Gasteiger partial charge < -0.3 is 15.0 Å². The predicted molar refractivity (Wildman–Crippen MR) is 106 cm³/mol. The van der Waals surface area contributed by atoms with Gasteiger partial charge in [-0.15, -0.1) is 0 Å². The van der Waals surface area contributed by atoms with Crippen molar-refractivity contribution >= 4 is 22.5 Å². The highest BCUT2D eigenvalue weighted by Crippen LogP contribution is 2.40. The largest absolute Gasteiger partial charge is 0.380 e. The van der Waals surface area contributed by atoms with Crippen molar-refractivity contribution in [3.8, 4) is 0 Å². The van der Waals surface area contributed by atoms with E-state index in [0.29, 0.717) is 22.7 Å². The first-order chi connectivity index (χ1) is 14.4. The molecule has 2 aromatic heterocycles. The standard InChI is InChI=1S/C21H20F3N5O/c1-12-27-19(25-6-13-3-2-4-15(17(13)22)18(23)24)16-5-14(7-26-20(16)28-12)29-8-21(9-29)10-30-11-21/h2-5,7,18H,6,8-11H2,1H3,(H,25,26,27,28). The Labute approximate surface area is 171 Å². The molecular formula is C21H20F3N5O. The van der Waals surface area contributed by atoms with E-state index in [-0.39, 0.29) is 17.5 Å². The molecule has 1 spiro atoms. The molecule has 0 unspecified atom stereocenters. The zero-order valence-corrected chi connectivity index (χ0v) is 16.3. The normalized spacial score (nSPS) is 17.3. The lowest BCUT2D eigenvalue weighted by molar-refractivity contribution is -0.127. The molecule has 156 valence electrons. The summed E-state index contributed by atoms with van der Waals surface area (Å²) >= 11 is 0. The Kier molecular flexibility index (Phi) is 4.50. The van der Waals surface area contributed by atoms with E-state index in [1.54, 1.807) is 13.1 Å². The van der Waals surface area contributed by atoms with Crippen LogP contribution in [0.15, 0.2) is 30.5 Å². The van der Waals surface area contributed by atoms with E-state index in [9.17, 15) is 13.2 Å². The van der Waals surface area contributed by atoms with E-state index >= 15 is 0 Å². The van der Waals surface area contributed by atoms with E-state index in [1.165, 1.54) is 12.1 Å². The Balaban J connectivity index is 1.42. The van der Waals surface area contributed by atoms with E-state index in [0.717, 1.165) is 38.1 Å². The molecule has 2 fully saturated rings. The summed E-state index contributed by atoms with van der Waals surface area (Å²) in [4.78, 5) is 15.5. The average Bonchev–Trinajstić information content (AvgIpc) is 2.64. The molecule has 1 aromatic carbocycles. The number of alkyl halides is 2. The Morgan fingerprint density at radius 3 is 2.73 bits per heavy atom. The number of ether oxygens (including phenoxy) is 1. The van der Waals surface area contributed by atoms with E-state index in [2.05, 4.69) is 25.2 Å². The number of benzene rings is 1. The number of hydrogen-bond acceptors (Lipinski definition) is 6. The highest BCUT2D eigenvalue weighted by Gasteiger charge is 2.49. The molecule has 2 aliphatic heterocycles. The molecule has 2 aliphatic rings. The molecule has 0 amide bonds. The molecule has 0 aliphatic carbocycles. The van der Waals surface area contributed by atoms with E-state index < -0.39 is 17.8 Å². The molecule has 30 heavy (non-hydrogen) atoms. The molecule has 4 heterocycles. The van der Waals surface area contributed by atoms with Gasteiger partial charge in [0.1, 0.15) is 17.5 Å². The van der Waals surface area contributed by atoms with Crippen LogP contribution in [0.1, 0.15) is 23.4 Å². The van der Waals surface area contributed by atoms with Crippen LogP contribution in [-0.2, 0) is 11.3 Å². The number of aromatic nitrogens is 3. The van der Waals surface area contributed by atoms with Gasteiger partial charge in [-0.2, -0.15) is 0 Å². The molecule has 0 bridgehead atoms. The molecule has 6 nitrogen and oxygen atoms in total. The van der Waals surface area contributed by atoms with Crippen LogP contribution >= 0.6 is 0 Å². The molecular weight excluding hydrogens is 395 g/mol. The van der Waals surface area contributed by atoms with Gasteiger partial charge >= 0.3 is 0 Å². The van der Waals surface area contributed by atoms with Crippen molar-refractivity contribution in [3.63, 3.8) is 0 Å². The number of fused-ring (bicyclic) bond motifs is 1. The maximum Gasteiger partial charge on any atom is 0.266 e. The SMILES string of the molecule is Cc1nc(NCc2cccc(C(F)F)c2F)c2cc(N3CC4(COC4)C3)cnc2n1. The van der Waals surface area contributed by atoms with Gasteiger partial charge in [-0.25, -0.2) is 28.1 Å². The number of nitrogens with one attached hydrogen (secondary N) is 1. The molecule has 3 aromatic rings. The molecule has 5 rings (SSSR count). The lowest BCUT2D eigenvalue weighted by atomic mass is 9.78. The quantitative estimate of drug-likeness (QED) is 0.683. The summed E-state index contributed by atoms with van der Waals surface area (Å²) in [5, 5.41) is 3.78. The zero-order valence-electron chi connectivity index (χ0n) is 16.3. The lowest BCUT2D eigenvalue weighted by Crippen LogP contribution is -2.66. The van der Waals surface area contributed by atoms with Crippen LogP contribution in [0.4, 0.5) is 24.7 Å². The van der Waals surface area contributed by atoms with E-state index in [4.69, 9.17) is 4.74 Å². The smallest absolute Gasteiger partial charge is 0.266 e. The van der Waals surface area contributed by atoms with Crippen LogP contribution < -0.4 is 10.2 Å². The van der Waals surface area contributed by atoms with Gasteiger partial charge in [-0.1, -0.05) is 18.2 Å². The summed E-state index contributed by atoms with van der Waals surface area (Å²) in [6, 6.07) is 5.96. The number of anilines is 2. The minimum Gasteiger partial charge on any atom is -0.380 e. The van der Waals surface area contributed by atoms with Crippen molar-refractivity contribution < 1.29 is 17.9 Å². The van der Waals surface area contributed by atoms with E-state index in [1.807, 2.05) is 6.07 Å². The monoisotopic (exact) mass is 415 g/mol. The van der Waals surface area contributed by atoms with Crippen molar-refractivity contribution in [1.82, 2.24) is 15.0 Å². The molecule has 0 radical (unpaired) electrons. The highest BCUT2D eigenvalue weighted by molar-refractivity contribution is 5.89. The van der Waals surface area contributed by atoms with Crippen molar-refractivity contribution in [3.05, 3.63) is 53.2 Å². The third kappa shape index (κ3) is 3.23. The Morgan fingerprint density at radius 2 is 2.03 bits per heavy atom. The number of nitrogens with zero attached hydrogens (tertiary/aromatic N) is 4. The summed E-state index contributed by atoms with van der Waals surface area (Å²) in [7, 11) is 0. The second-order valence-electron chi connectivity index (χ2n) is 8.01. The van der Waals surface area contributed by atoms with Gasteiger partial charge in [-0.05, 0) is 13.0 Å². The number of halogens is 3. The van der Waals surface area contributed by atoms with Crippen molar-refractivity contribution in [1.29, 1.82) is 0 Å². The summed E-state index contributed by atoms with van der Waals surface area (Å²) in [5.74, 6) is 0.111. The van der Waals surface area contributed by atoms with Crippen molar-refractivity contribution in [2.24, 2.45) is 5.41 Å². The lowest BCUT2D eigenvalue weighted by Gasteiger charge is -2.55. The molecule has 0 atom stereocenters. The van der Waals surface area contributed by atoms with Crippen molar-refractivity contribution in [2.75, 3.05) is 36.5 Å². The number of pyridine rings is 1. The zero-order chi connectivity index (χ0) is 20.9. The first kappa shape index (κ1) is 19.0. The third-order valence-corrected chi connectivity index (χ3v) is 5.67. The fourth-order valence-electron chi connectivity index (χ4n) is 4.02. The highest BCUT2D eigenvalue weighted by atomic mass is 19.3. The molecule has 2 saturated heterocycles. The fraction of sp³-hybridized carbons (Fsp3) is 0.381. The van der Waals surface area contributed by atoms with Crippen LogP contribution in [0.5, 0.6) is 0 Å². The third-order valence-electron chi connectivity index (χ3n) is 5.67. The van der Waals surface area contributed by atoms with Gasteiger partial charge in [0.15, 0.2) is 5.65 Å². The van der Waals surface area contributed by atoms with Gasteiger partial charge in [0.2, 0.25) is 0 Å². The number of rotatable bonds is 5. The number of aryl methyl sites for hydroxylation is 1. The van der Waals surface area contributed by atoms with Gasteiger partial charge in [-0.3, -0.25) is 0 Å². The molecule has 0 saturated carbocycles. The topological polar surface area (TPSA) is 63.2 Å². The molecule has 9 heteroatoms. The molecule has 1 N–H and O–H groups in total. The Hall–Kier alpha value is -2.94. The van der Waals surface area contributed by atoms with Crippen LogP contribution in [0, 0.1) is 18.2 Å².